The molecule has 1 aromatic rings. The molecule has 1 aromatic heterocycles. The largest absolute Gasteiger partial charge is 0.330 e. The van der Waals surface area contributed by atoms with E-state index >= 15 is 0 Å². The van der Waals surface area contributed by atoms with E-state index in [1.165, 1.54) is 0 Å². The molecule has 0 aromatic carbocycles. The van der Waals surface area contributed by atoms with Crippen molar-refractivity contribution in [3.63, 3.8) is 0 Å². The Hall–Kier alpha value is -0.580. The van der Waals surface area contributed by atoms with Crippen LogP contribution in [0.2, 0.25) is 5.02 Å². The fourth-order valence-electron chi connectivity index (χ4n) is 1.96. The van der Waals surface area contributed by atoms with E-state index in [1.54, 1.807) is 0 Å². The van der Waals surface area contributed by atoms with Gasteiger partial charge >= 0.3 is 0 Å². The van der Waals surface area contributed by atoms with Gasteiger partial charge < -0.3 is 5.73 Å². The van der Waals surface area contributed by atoms with Crippen LogP contribution in [0.4, 0.5) is 0 Å². The molecule has 0 saturated heterocycles. The fraction of sp³-hybridized carbons (Fsp3) is 0.750. The molecule has 17 heavy (non-hydrogen) atoms. The van der Waals surface area contributed by atoms with Crippen LogP contribution in [0.5, 0.6) is 0 Å². The summed E-state index contributed by atoms with van der Waals surface area (Å²) in [4.78, 5) is 2.23. The average molecular weight is 259 g/mol. The first-order valence-electron chi connectivity index (χ1n) is 5.83. The molecule has 0 amide bonds. The highest BCUT2D eigenvalue weighted by atomic mass is 35.5. The standard InChI is InChI=1S/C12H23ClN4/c1-9-11(13)10(17(5)15-9)6-16(4)8-12(2,3)7-14/h6-8,14H2,1-5H3. The molecular formula is C12H23ClN4. The summed E-state index contributed by atoms with van der Waals surface area (Å²) in [7, 11) is 4.01. The number of aromatic nitrogens is 2. The van der Waals surface area contributed by atoms with Gasteiger partial charge in [0.05, 0.1) is 16.4 Å². The third kappa shape index (κ3) is 3.69. The van der Waals surface area contributed by atoms with E-state index in [0.29, 0.717) is 6.54 Å². The lowest BCUT2D eigenvalue weighted by Crippen LogP contribution is -2.36. The van der Waals surface area contributed by atoms with Gasteiger partial charge in [-0.1, -0.05) is 25.4 Å². The maximum Gasteiger partial charge on any atom is 0.0860 e. The number of halogens is 1. The van der Waals surface area contributed by atoms with Gasteiger partial charge in [-0.15, -0.1) is 0 Å². The van der Waals surface area contributed by atoms with Gasteiger partial charge in [0.2, 0.25) is 0 Å². The molecular weight excluding hydrogens is 236 g/mol. The van der Waals surface area contributed by atoms with Crippen LogP contribution in [0, 0.1) is 12.3 Å². The van der Waals surface area contributed by atoms with Gasteiger partial charge in [0, 0.05) is 20.1 Å². The number of nitrogens with zero attached hydrogens (tertiary/aromatic N) is 3. The summed E-state index contributed by atoms with van der Waals surface area (Å²) in [6, 6.07) is 0. The number of hydrogen-bond donors (Lipinski definition) is 1. The molecule has 2 N–H and O–H groups in total. The van der Waals surface area contributed by atoms with Gasteiger partial charge in [-0.25, -0.2) is 0 Å². The topological polar surface area (TPSA) is 47.1 Å². The van der Waals surface area contributed by atoms with Crippen LogP contribution in [-0.4, -0.2) is 34.8 Å². The summed E-state index contributed by atoms with van der Waals surface area (Å²) in [5.74, 6) is 0. The fourth-order valence-corrected chi connectivity index (χ4v) is 2.18. The molecule has 5 heteroatoms. The molecule has 4 nitrogen and oxygen atoms in total. The van der Waals surface area contributed by atoms with E-state index in [-0.39, 0.29) is 5.41 Å². The summed E-state index contributed by atoms with van der Waals surface area (Å²) in [5.41, 5.74) is 7.80. The molecule has 0 saturated carbocycles. The normalized spacial score (nSPS) is 12.5. The number of rotatable bonds is 5. The predicted octanol–water partition coefficient (Wildman–Crippen LogP) is 1.80. The molecule has 0 aliphatic carbocycles. The van der Waals surface area contributed by atoms with E-state index in [2.05, 4.69) is 30.9 Å². The molecule has 0 aliphatic rings. The van der Waals surface area contributed by atoms with Gasteiger partial charge in [-0.2, -0.15) is 5.10 Å². The van der Waals surface area contributed by atoms with Crippen LogP contribution >= 0.6 is 11.6 Å². The van der Waals surface area contributed by atoms with Crippen LogP contribution in [0.1, 0.15) is 25.2 Å². The third-order valence-corrected chi connectivity index (χ3v) is 3.42. The van der Waals surface area contributed by atoms with Crippen molar-refractivity contribution < 1.29 is 0 Å². The minimum absolute atomic E-state index is 0.120. The smallest absolute Gasteiger partial charge is 0.0860 e. The van der Waals surface area contributed by atoms with Gasteiger partial charge in [0.25, 0.3) is 0 Å². The van der Waals surface area contributed by atoms with Crippen molar-refractivity contribution in [3.8, 4) is 0 Å². The van der Waals surface area contributed by atoms with Crippen molar-refractivity contribution in [1.82, 2.24) is 14.7 Å². The van der Waals surface area contributed by atoms with Crippen LogP contribution in [-0.2, 0) is 13.6 Å². The SMILES string of the molecule is Cc1nn(C)c(CN(C)CC(C)(C)CN)c1Cl. The summed E-state index contributed by atoms with van der Waals surface area (Å²) in [6.07, 6.45) is 0. The first-order chi connectivity index (χ1) is 7.76. The Morgan fingerprint density at radius 1 is 1.47 bits per heavy atom. The average Bonchev–Trinajstić information content (AvgIpc) is 2.44. The maximum atomic E-state index is 6.23. The van der Waals surface area contributed by atoms with E-state index in [9.17, 15) is 0 Å². The van der Waals surface area contributed by atoms with E-state index in [0.717, 1.165) is 29.5 Å². The zero-order chi connectivity index (χ0) is 13.2. The monoisotopic (exact) mass is 258 g/mol. The lowest BCUT2D eigenvalue weighted by atomic mass is 9.93. The molecule has 0 aliphatic heterocycles. The van der Waals surface area contributed by atoms with Crippen molar-refractivity contribution in [3.05, 3.63) is 16.4 Å². The molecule has 1 heterocycles. The zero-order valence-electron chi connectivity index (χ0n) is 11.4. The Morgan fingerprint density at radius 2 is 2.06 bits per heavy atom. The van der Waals surface area contributed by atoms with Gasteiger partial charge in [-0.3, -0.25) is 9.58 Å². The number of hydrogen-bond acceptors (Lipinski definition) is 3. The highest BCUT2D eigenvalue weighted by Gasteiger charge is 2.20. The molecule has 0 radical (unpaired) electrons. The Morgan fingerprint density at radius 3 is 2.47 bits per heavy atom. The molecule has 0 fully saturated rings. The third-order valence-electron chi connectivity index (χ3n) is 2.93. The summed E-state index contributed by atoms with van der Waals surface area (Å²) in [5, 5.41) is 5.08. The van der Waals surface area contributed by atoms with E-state index in [1.807, 2.05) is 18.7 Å². The molecule has 98 valence electrons. The molecule has 0 atom stereocenters. The summed E-state index contributed by atoms with van der Waals surface area (Å²) >= 11 is 6.23. The van der Waals surface area contributed by atoms with Crippen molar-refractivity contribution >= 4 is 11.6 Å². The van der Waals surface area contributed by atoms with Crippen LogP contribution < -0.4 is 5.73 Å². The first-order valence-corrected chi connectivity index (χ1v) is 6.21. The van der Waals surface area contributed by atoms with Crippen molar-refractivity contribution in [2.45, 2.75) is 27.3 Å². The highest BCUT2D eigenvalue weighted by molar-refractivity contribution is 6.31. The quantitative estimate of drug-likeness (QED) is 0.876. The number of aryl methyl sites for hydroxylation is 2. The second-order valence-corrected chi connectivity index (χ2v) is 5.89. The molecule has 0 spiro atoms. The van der Waals surface area contributed by atoms with Crippen molar-refractivity contribution in [2.75, 3.05) is 20.1 Å². The first kappa shape index (κ1) is 14.5. The second-order valence-electron chi connectivity index (χ2n) is 5.51. The van der Waals surface area contributed by atoms with Gasteiger partial charge in [0.15, 0.2) is 0 Å². The van der Waals surface area contributed by atoms with Crippen LogP contribution in [0.25, 0.3) is 0 Å². The van der Waals surface area contributed by atoms with Crippen molar-refractivity contribution in [1.29, 1.82) is 0 Å². The lowest BCUT2D eigenvalue weighted by molar-refractivity contribution is 0.206. The van der Waals surface area contributed by atoms with Crippen molar-refractivity contribution in [2.24, 2.45) is 18.2 Å². The Kier molecular flexibility index (Phi) is 4.58. The second kappa shape index (κ2) is 5.38. The highest BCUT2D eigenvalue weighted by Crippen LogP contribution is 2.22. The zero-order valence-corrected chi connectivity index (χ0v) is 12.2. The van der Waals surface area contributed by atoms with Crippen LogP contribution in [0.3, 0.4) is 0 Å². The van der Waals surface area contributed by atoms with E-state index < -0.39 is 0 Å². The van der Waals surface area contributed by atoms with Gasteiger partial charge in [-0.05, 0) is 25.9 Å². The predicted molar refractivity (Wildman–Crippen MR) is 72.1 cm³/mol. The lowest BCUT2D eigenvalue weighted by Gasteiger charge is -2.29. The molecule has 1 rings (SSSR count). The molecule has 0 bridgehead atoms. The minimum Gasteiger partial charge on any atom is -0.330 e. The van der Waals surface area contributed by atoms with E-state index in [4.69, 9.17) is 17.3 Å². The van der Waals surface area contributed by atoms with Gasteiger partial charge in [0.1, 0.15) is 0 Å². The number of nitrogens with two attached hydrogens (primary N) is 1. The summed E-state index contributed by atoms with van der Waals surface area (Å²) < 4.78 is 1.85. The maximum absolute atomic E-state index is 6.23. The molecule has 0 unspecified atom stereocenters. The Bertz CT molecular complexity index is 384. The summed E-state index contributed by atoms with van der Waals surface area (Å²) in [6.45, 7) is 8.66. The minimum atomic E-state index is 0.120. The Labute approximate surface area is 109 Å². The Balaban J connectivity index is 2.71. The van der Waals surface area contributed by atoms with Crippen LogP contribution in [0.15, 0.2) is 0 Å².